The Morgan fingerprint density at radius 2 is 1.83 bits per heavy atom. The van der Waals surface area contributed by atoms with Crippen molar-refractivity contribution in [3.8, 4) is 0 Å². The summed E-state index contributed by atoms with van der Waals surface area (Å²) < 4.78 is 28.3. The molecule has 2 N–H and O–H groups in total. The van der Waals surface area contributed by atoms with Crippen molar-refractivity contribution >= 4 is 59.1 Å². The third kappa shape index (κ3) is 5.12. The third-order valence-electron chi connectivity index (χ3n) is 2.90. The van der Waals surface area contributed by atoms with E-state index in [1.165, 1.54) is 11.3 Å². The van der Waals surface area contributed by atoms with Crippen molar-refractivity contribution in [2.75, 3.05) is 13.1 Å². The van der Waals surface area contributed by atoms with E-state index in [0.29, 0.717) is 4.88 Å². The number of benzene rings is 1. The van der Waals surface area contributed by atoms with Crippen LogP contribution in [0.1, 0.15) is 15.2 Å². The minimum atomic E-state index is -3.56. The molecule has 0 bridgehead atoms. The molecule has 1 heterocycles. The Kier molecular flexibility index (Phi) is 6.38. The van der Waals surface area contributed by atoms with Crippen LogP contribution < -0.4 is 10.0 Å². The maximum Gasteiger partial charge on any atom is 0.261 e. The summed E-state index contributed by atoms with van der Waals surface area (Å²) in [5.41, 5.74) is 0.990. The van der Waals surface area contributed by atoms with Gasteiger partial charge >= 0.3 is 0 Å². The summed E-state index contributed by atoms with van der Waals surface area (Å²) in [7, 11) is -3.56. The lowest BCUT2D eigenvalue weighted by Crippen LogP contribution is -2.34. The normalized spacial score (nSPS) is 11.4. The van der Waals surface area contributed by atoms with Crippen molar-refractivity contribution in [3.63, 3.8) is 0 Å². The standard InChI is InChI=1S/C14H14Br2N2O3S2/c1-9-2-4-10(5-3-9)23(20,21)18-7-6-17-14(19)12-8-11(15)13(16)22-12/h2-5,8,18H,6-7H2,1H3,(H,17,19). The fourth-order valence-electron chi connectivity index (χ4n) is 1.71. The fraction of sp³-hybridized carbons (Fsp3) is 0.214. The molecular formula is C14H14Br2N2O3S2. The first-order valence-electron chi connectivity index (χ1n) is 6.59. The van der Waals surface area contributed by atoms with Gasteiger partial charge in [-0.1, -0.05) is 17.7 Å². The number of carbonyl (C=O) groups is 1. The summed E-state index contributed by atoms with van der Waals surface area (Å²) in [6.07, 6.45) is 0. The van der Waals surface area contributed by atoms with Crippen LogP contribution in [0.25, 0.3) is 0 Å². The summed E-state index contributed by atoms with van der Waals surface area (Å²) in [6.45, 7) is 2.22. The van der Waals surface area contributed by atoms with Gasteiger partial charge in [-0.05, 0) is 57.0 Å². The van der Waals surface area contributed by atoms with Crippen LogP contribution in [-0.2, 0) is 10.0 Å². The molecule has 0 saturated carbocycles. The van der Waals surface area contributed by atoms with Crippen LogP contribution in [0.15, 0.2) is 43.5 Å². The van der Waals surface area contributed by atoms with Crippen LogP contribution in [0.3, 0.4) is 0 Å². The highest BCUT2D eigenvalue weighted by atomic mass is 79.9. The van der Waals surface area contributed by atoms with Crippen molar-refractivity contribution in [1.29, 1.82) is 0 Å². The molecular weight excluding hydrogens is 468 g/mol. The van der Waals surface area contributed by atoms with Crippen molar-refractivity contribution < 1.29 is 13.2 Å². The highest BCUT2D eigenvalue weighted by molar-refractivity contribution is 9.13. The second-order valence-corrected chi connectivity index (χ2v) is 9.69. The molecule has 0 aliphatic rings. The van der Waals surface area contributed by atoms with Gasteiger partial charge in [0, 0.05) is 17.6 Å². The lowest BCUT2D eigenvalue weighted by Gasteiger charge is -2.07. The number of aryl methyl sites for hydroxylation is 1. The van der Waals surface area contributed by atoms with E-state index >= 15 is 0 Å². The van der Waals surface area contributed by atoms with Gasteiger partial charge in [-0.3, -0.25) is 4.79 Å². The molecule has 0 saturated heterocycles. The highest BCUT2D eigenvalue weighted by Gasteiger charge is 2.14. The molecule has 0 fully saturated rings. The Morgan fingerprint density at radius 1 is 1.17 bits per heavy atom. The molecule has 124 valence electrons. The highest BCUT2D eigenvalue weighted by Crippen LogP contribution is 2.32. The molecule has 2 aromatic rings. The zero-order valence-electron chi connectivity index (χ0n) is 12.1. The number of hydrogen-bond donors (Lipinski definition) is 2. The average Bonchev–Trinajstić information content (AvgIpc) is 2.83. The third-order valence-corrected chi connectivity index (χ3v) is 7.63. The molecule has 9 heteroatoms. The zero-order valence-corrected chi connectivity index (χ0v) is 16.9. The Morgan fingerprint density at radius 3 is 2.39 bits per heavy atom. The molecule has 1 amide bonds. The summed E-state index contributed by atoms with van der Waals surface area (Å²) in [4.78, 5) is 12.7. The van der Waals surface area contributed by atoms with Gasteiger partial charge in [0.15, 0.2) is 0 Å². The number of halogens is 2. The molecule has 1 aromatic carbocycles. The van der Waals surface area contributed by atoms with Crippen LogP contribution in [-0.4, -0.2) is 27.4 Å². The minimum Gasteiger partial charge on any atom is -0.350 e. The van der Waals surface area contributed by atoms with Gasteiger partial charge in [0.1, 0.15) is 0 Å². The molecule has 1 aromatic heterocycles. The molecule has 0 unspecified atom stereocenters. The number of rotatable bonds is 6. The molecule has 0 radical (unpaired) electrons. The Labute approximate surface area is 155 Å². The molecule has 0 aliphatic heterocycles. The number of nitrogens with one attached hydrogen (secondary N) is 2. The first-order chi connectivity index (χ1) is 10.8. The number of thiophene rings is 1. The zero-order chi connectivity index (χ0) is 17.0. The maximum absolute atomic E-state index is 12.1. The first-order valence-corrected chi connectivity index (χ1v) is 10.5. The molecule has 0 aliphatic carbocycles. The van der Waals surface area contributed by atoms with Gasteiger partial charge in [-0.25, -0.2) is 13.1 Å². The topological polar surface area (TPSA) is 75.3 Å². The SMILES string of the molecule is Cc1ccc(S(=O)(=O)NCCNC(=O)c2cc(Br)c(Br)s2)cc1. The van der Waals surface area contributed by atoms with Crippen molar-refractivity contribution in [2.45, 2.75) is 11.8 Å². The summed E-state index contributed by atoms with van der Waals surface area (Å²) in [5.74, 6) is -0.240. The van der Waals surface area contributed by atoms with Crippen LogP contribution in [0.4, 0.5) is 0 Å². The lowest BCUT2D eigenvalue weighted by molar-refractivity contribution is 0.0958. The van der Waals surface area contributed by atoms with Crippen LogP contribution >= 0.6 is 43.2 Å². The van der Waals surface area contributed by atoms with Gasteiger partial charge < -0.3 is 5.32 Å². The molecule has 0 atom stereocenters. The van der Waals surface area contributed by atoms with Crippen LogP contribution in [0, 0.1) is 6.92 Å². The number of sulfonamides is 1. The molecule has 2 rings (SSSR count). The van der Waals surface area contributed by atoms with Crippen molar-refractivity contribution in [3.05, 3.63) is 49.0 Å². The Hall–Kier alpha value is -0.740. The summed E-state index contributed by atoms with van der Waals surface area (Å²) in [6, 6.07) is 8.29. The maximum atomic E-state index is 12.1. The number of hydrogen-bond acceptors (Lipinski definition) is 4. The van der Waals surface area contributed by atoms with E-state index in [0.717, 1.165) is 13.8 Å². The largest absolute Gasteiger partial charge is 0.350 e. The number of carbonyl (C=O) groups excluding carboxylic acids is 1. The summed E-state index contributed by atoms with van der Waals surface area (Å²) >= 11 is 7.94. The van der Waals surface area contributed by atoms with Crippen LogP contribution in [0.2, 0.25) is 0 Å². The number of amides is 1. The van der Waals surface area contributed by atoms with E-state index in [-0.39, 0.29) is 23.9 Å². The van der Waals surface area contributed by atoms with E-state index < -0.39 is 10.0 Å². The minimum absolute atomic E-state index is 0.121. The molecule has 23 heavy (non-hydrogen) atoms. The second-order valence-electron chi connectivity index (χ2n) is 4.70. The first kappa shape index (κ1) is 18.6. The van der Waals surface area contributed by atoms with Crippen molar-refractivity contribution in [2.24, 2.45) is 0 Å². The Balaban J connectivity index is 1.85. The van der Waals surface area contributed by atoms with E-state index in [4.69, 9.17) is 0 Å². The van der Waals surface area contributed by atoms with E-state index in [1.54, 1.807) is 30.3 Å². The predicted molar refractivity (Wildman–Crippen MR) is 98.4 cm³/mol. The van der Waals surface area contributed by atoms with E-state index in [2.05, 4.69) is 41.9 Å². The Bertz CT molecular complexity index is 782. The predicted octanol–water partition coefficient (Wildman–Crippen LogP) is 3.29. The van der Waals surface area contributed by atoms with E-state index in [1.807, 2.05) is 6.92 Å². The van der Waals surface area contributed by atoms with Crippen molar-refractivity contribution in [1.82, 2.24) is 10.0 Å². The van der Waals surface area contributed by atoms with Gasteiger partial charge in [0.05, 0.1) is 13.6 Å². The van der Waals surface area contributed by atoms with Gasteiger partial charge in [0.25, 0.3) is 5.91 Å². The van der Waals surface area contributed by atoms with E-state index in [9.17, 15) is 13.2 Å². The quantitative estimate of drug-likeness (QED) is 0.621. The molecule has 5 nitrogen and oxygen atoms in total. The molecule has 0 spiro atoms. The average molecular weight is 482 g/mol. The van der Waals surface area contributed by atoms with Gasteiger partial charge in [-0.2, -0.15) is 0 Å². The van der Waals surface area contributed by atoms with Gasteiger partial charge in [-0.15, -0.1) is 11.3 Å². The smallest absolute Gasteiger partial charge is 0.261 e. The fourth-order valence-corrected chi connectivity index (χ4v) is 4.69. The van der Waals surface area contributed by atoms with Gasteiger partial charge in [0.2, 0.25) is 10.0 Å². The summed E-state index contributed by atoms with van der Waals surface area (Å²) in [5, 5.41) is 2.68. The van der Waals surface area contributed by atoms with Crippen LogP contribution in [0.5, 0.6) is 0 Å². The second kappa shape index (κ2) is 7.89. The lowest BCUT2D eigenvalue weighted by atomic mass is 10.2. The monoisotopic (exact) mass is 480 g/mol.